The molecule has 2 unspecified atom stereocenters. The van der Waals surface area contributed by atoms with Crippen LogP contribution in [0.2, 0.25) is 0 Å². The summed E-state index contributed by atoms with van der Waals surface area (Å²) in [5.74, 6) is 0. The van der Waals surface area contributed by atoms with Crippen molar-refractivity contribution in [3.63, 3.8) is 0 Å². The lowest BCUT2D eigenvalue weighted by atomic mass is 9.94. The van der Waals surface area contributed by atoms with Gasteiger partial charge in [0.25, 0.3) is 0 Å². The Labute approximate surface area is 185 Å². The number of benzene rings is 4. The van der Waals surface area contributed by atoms with Crippen LogP contribution in [0.4, 0.5) is 0 Å². The lowest BCUT2D eigenvalue weighted by Crippen LogP contribution is -2.26. The molecule has 4 aromatic carbocycles. The second-order valence-corrected chi connectivity index (χ2v) is 12.5. The van der Waals surface area contributed by atoms with Crippen molar-refractivity contribution in [1.29, 1.82) is 0 Å². The van der Waals surface area contributed by atoms with Crippen molar-refractivity contribution in [1.82, 2.24) is 0 Å². The Hall–Kier alpha value is -2.95. The molecule has 1 aliphatic heterocycles. The Kier molecular flexibility index (Phi) is 4.27. The minimum Gasteiger partial charge on any atom is -0.0622 e. The van der Waals surface area contributed by atoms with Crippen molar-refractivity contribution in [2.24, 2.45) is 0 Å². The topological polar surface area (TPSA) is 0 Å². The zero-order chi connectivity index (χ0) is 20.9. The van der Waals surface area contributed by atoms with Crippen molar-refractivity contribution < 1.29 is 0 Å². The Bertz CT molecular complexity index is 1200. The molecule has 1 heteroatoms. The van der Waals surface area contributed by atoms with E-state index in [0.29, 0.717) is 5.66 Å². The van der Waals surface area contributed by atoms with Gasteiger partial charge in [-0.05, 0) is 42.8 Å². The minimum atomic E-state index is -1.78. The van der Waals surface area contributed by atoms with Gasteiger partial charge in [0.15, 0.2) is 0 Å². The van der Waals surface area contributed by atoms with E-state index in [1.807, 2.05) is 0 Å². The van der Waals surface area contributed by atoms with Gasteiger partial charge in [-0.3, -0.25) is 0 Å². The van der Waals surface area contributed by atoms with E-state index in [-0.39, 0.29) is 5.41 Å². The average Bonchev–Trinajstić information content (AvgIpc) is 3.49. The maximum Gasteiger partial charge on any atom is 0.116 e. The van der Waals surface area contributed by atoms with E-state index in [1.54, 1.807) is 5.31 Å². The van der Waals surface area contributed by atoms with Crippen molar-refractivity contribution in [3.8, 4) is 0 Å². The molecule has 1 aliphatic carbocycles. The number of allylic oxidation sites excluding steroid dienone is 1. The molecular formula is C30H26P+. The van der Waals surface area contributed by atoms with Crippen LogP contribution in [0.15, 0.2) is 121 Å². The Balaban J connectivity index is 1.65. The summed E-state index contributed by atoms with van der Waals surface area (Å²) in [5.41, 5.74) is 4.96. The van der Waals surface area contributed by atoms with E-state index in [2.05, 4.69) is 128 Å². The van der Waals surface area contributed by atoms with Crippen molar-refractivity contribution in [3.05, 3.63) is 138 Å². The Morgan fingerprint density at radius 2 is 1.16 bits per heavy atom. The fourth-order valence-electron chi connectivity index (χ4n) is 5.68. The molecular weight excluding hydrogens is 391 g/mol. The van der Waals surface area contributed by atoms with Gasteiger partial charge in [0.1, 0.15) is 23.2 Å². The molecule has 0 radical (unpaired) electrons. The Morgan fingerprint density at radius 1 is 0.645 bits per heavy atom. The van der Waals surface area contributed by atoms with Crippen LogP contribution in [0.5, 0.6) is 0 Å². The first-order chi connectivity index (χ1) is 15.2. The van der Waals surface area contributed by atoms with E-state index in [4.69, 9.17) is 0 Å². The Morgan fingerprint density at radius 3 is 1.71 bits per heavy atom. The summed E-state index contributed by atoms with van der Waals surface area (Å²) in [5, 5.41) is 4.57. The summed E-state index contributed by atoms with van der Waals surface area (Å²) < 4.78 is 0. The zero-order valence-corrected chi connectivity index (χ0v) is 18.7. The highest BCUT2D eigenvalue weighted by atomic mass is 31.2. The van der Waals surface area contributed by atoms with Crippen LogP contribution in [0.1, 0.15) is 23.1 Å². The van der Waals surface area contributed by atoms with Crippen molar-refractivity contribution >= 4 is 23.2 Å². The SMILES string of the molecule is Cc1ccc(C23C=C(c4ccccc4)[P+](c4ccccc4)(c4ccccc4)C2C3)cc1. The van der Waals surface area contributed by atoms with Crippen LogP contribution >= 0.6 is 7.26 Å². The van der Waals surface area contributed by atoms with Gasteiger partial charge in [0.2, 0.25) is 0 Å². The molecule has 2 aliphatic rings. The highest BCUT2D eigenvalue weighted by Crippen LogP contribution is 2.87. The second-order valence-electron chi connectivity index (χ2n) is 8.92. The number of fused-ring (bicyclic) bond motifs is 1. The molecule has 150 valence electrons. The fourth-order valence-corrected chi connectivity index (χ4v) is 11.4. The molecule has 2 atom stereocenters. The van der Waals surface area contributed by atoms with Gasteiger partial charge < -0.3 is 0 Å². The lowest BCUT2D eigenvalue weighted by Gasteiger charge is -2.27. The minimum absolute atomic E-state index is 0.151. The van der Waals surface area contributed by atoms with Gasteiger partial charge in [-0.2, -0.15) is 0 Å². The standard InChI is InChI=1S/C30H26P/c1-23-17-19-25(20-18-23)30-21-28(24-11-5-2-6-12-24)31(29(30)22-30,26-13-7-3-8-14-26)27-15-9-4-10-16-27/h2-21,29H,22H2,1H3/q+1. The molecule has 6 rings (SSSR count). The van der Waals surface area contributed by atoms with Gasteiger partial charge in [0.05, 0.1) is 11.1 Å². The van der Waals surface area contributed by atoms with Crippen molar-refractivity contribution in [2.45, 2.75) is 24.4 Å². The molecule has 1 saturated carbocycles. The lowest BCUT2D eigenvalue weighted by molar-refractivity contribution is 0.904. The fraction of sp³-hybridized carbons (Fsp3) is 0.133. The summed E-state index contributed by atoms with van der Waals surface area (Å²) in [6, 6.07) is 43.1. The predicted molar refractivity (Wildman–Crippen MR) is 135 cm³/mol. The van der Waals surface area contributed by atoms with Gasteiger partial charge in [-0.1, -0.05) is 96.6 Å². The van der Waals surface area contributed by atoms with Crippen LogP contribution < -0.4 is 10.6 Å². The van der Waals surface area contributed by atoms with Gasteiger partial charge in [-0.15, -0.1) is 0 Å². The van der Waals surface area contributed by atoms with Crippen LogP contribution in [0, 0.1) is 6.92 Å². The second kappa shape index (κ2) is 7.04. The average molecular weight is 418 g/mol. The van der Waals surface area contributed by atoms with Gasteiger partial charge >= 0.3 is 0 Å². The zero-order valence-electron chi connectivity index (χ0n) is 17.8. The summed E-state index contributed by atoms with van der Waals surface area (Å²) in [7, 11) is -1.78. The molecule has 0 N–H and O–H groups in total. The molecule has 0 spiro atoms. The molecule has 4 aromatic rings. The highest BCUT2D eigenvalue weighted by Gasteiger charge is 2.76. The first kappa shape index (κ1) is 18.8. The molecule has 0 aromatic heterocycles. The molecule has 1 fully saturated rings. The van der Waals surface area contributed by atoms with E-state index >= 15 is 0 Å². The maximum atomic E-state index is 2.66. The van der Waals surface area contributed by atoms with Crippen LogP contribution in [-0.4, -0.2) is 5.66 Å². The smallest absolute Gasteiger partial charge is 0.0622 e. The van der Waals surface area contributed by atoms with E-state index in [9.17, 15) is 0 Å². The quantitative estimate of drug-likeness (QED) is 0.323. The third-order valence-electron chi connectivity index (χ3n) is 7.19. The molecule has 0 nitrogen and oxygen atoms in total. The summed E-state index contributed by atoms with van der Waals surface area (Å²) in [6.45, 7) is 2.18. The molecule has 1 heterocycles. The largest absolute Gasteiger partial charge is 0.116 e. The number of rotatable bonds is 4. The molecule has 0 amide bonds. The highest BCUT2D eigenvalue weighted by molar-refractivity contribution is 7.99. The number of hydrogen-bond acceptors (Lipinski definition) is 0. The predicted octanol–water partition coefficient (Wildman–Crippen LogP) is 6.73. The van der Waals surface area contributed by atoms with E-state index in [1.165, 1.54) is 33.7 Å². The first-order valence-electron chi connectivity index (χ1n) is 11.1. The monoisotopic (exact) mass is 417 g/mol. The van der Waals surface area contributed by atoms with E-state index < -0.39 is 7.26 Å². The van der Waals surface area contributed by atoms with Crippen LogP contribution in [0.25, 0.3) is 5.31 Å². The first-order valence-corrected chi connectivity index (χ1v) is 13.0. The number of hydrogen-bond donors (Lipinski definition) is 0. The van der Waals surface area contributed by atoms with Crippen LogP contribution in [0.3, 0.4) is 0 Å². The summed E-state index contributed by atoms with van der Waals surface area (Å²) in [4.78, 5) is 0. The maximum absolute atomic E-state index is 2.66. The summed E-state index contributed by atoms with van der Waals surface area (Å²) in [6.07, 6.45) is 3.90. The third kappa shape index (κ3) is 2.72. The summed E-state index contributed by atoms with van der Waals surface area (Å²) >= 11 is 0. The number of aryl methyl sites for hydroxylation is 1. The normalized spacial score (nSPS) is 23.1. The molecule has 0 bridgehead atoms. The van der Waals surface area contributed by atoms with Gasteiger partial charge in [0, 0.05) is 12.0 Å². The van der Waals surface area contributed by atoms with Crippen LogP contribution in [-0.2, 0) is 5.41 Å². The molecule has 0 saturated heterocycles. The van der Waals surface area contributed by atoms with E-state index in [0.717, 1.165) is 0 Å². The van der Waals surface area contributed by atoms with Crippen molar-refractivity contribution in [2.75, 3.05) is 0 Å². The molecule has 31 heavy (non-hydrogen) atoms. The van der Waals surface area contributed by atoms with Gasteiger partial charge in [-0.25, -0.2) is 0 Å². The third-order valence-corrected chi connectivity index (χ3v) is 12.1.